The van der Waals surface area contributed by atoms with Crippen LogP contribution in [-0.2, 0) is 0 Å². The van der Waals surface area contributed by atoms with E-state index in [1.54, 1.807) is 0 Å². The maximum absolute atomic E-state index is 2.43. The van der Waals surface area contributed by atoms with Crippen LogP contribution in [0.4, 0.5) is 17.1 Å². The van der Waals surface area contributed by atoms with Crippen molar-refractivity contribution < 1.29 is 0 Å². The number of hydrogen-bond donors (Lipinski definition) is 0. The molecule has 254 valence electrons. The zero-order valence-corrected chi connectivity index (χ0v) is 29.7. The van der Waals surface area contributed by atoms with Crippen LogP contribution in [0, 0.1) is 0 Å². The smallest absolute Gasteiger partial charge is 0.0561 e. The predicted molar refractivity (Wildman–Crippen MR) is 229 cm³/mol. The molecule has 0 atom stereocenters. The van der Waals surface area contributed by atoms with Crippen LogP contribution in [0.2, 0.25) is 0 Å². The lowest BCUT2D eigenvalue weighted by Gasteiger charge is -2.26. The first-order valence-electron chi connectivity index (χ1n) is 18.5. The number of nitrogens with zero attached hydrogens (tertiary/aromatic N) is 2. The second-order valence-corrected chi connectivity index (χ2v) is 13.8. The Morgan fingerprint density at radius 3 is 1.52 bits per heavy atom. The highest BCUT2D eigenvalue weighted by Gasteiger charge is 2.18. The summed E-state index contributed by atoms with van der Waals surface area (Å²) in [6, 6.07) is 78.9. The minimum Gasteiger partial charge on any atom is -0.310 e. The van der Waals surface area contributed by atoms with Gasteiger partial charge in [-0.2, -0.15) is 0 Å². The van der Waals surface area contributed by atoms with Crippen LogP contribution in [0.3, 0.4) is 0 Å². The first-order chi connectivity index (χ1) is 26.8. The number of anilines is 3. The Labute approximate surface area is 315 Å². The molecule has 1 heterocycles. The van der Waals surface area contributed by atoms with Crippen LogP contribution in [0.5, 0.6) is 0 Å². The SMILES string of the molecule is c1ccc(-c2ccc(-n3c4cc(-c5ccccc5)ccc4c4ccc(N(c5ccccc5)c5ccc(-c6cccc7ccccc67)cc5)cc43)cc2)cc1. The number of benzene rings is 9. The summed E-state index contributed by atoms with van der Waals surface area (Å²) >= 11 is 0. The van der Waals surface area contributed by atoms with Crippen molar-refractivity contribution in [2.45, 2.75) is 0 Å². The predicted octanol–water partition coefficient (Wildman–Crippen LogP) is 14.4. The first-order valence-corrected chi connectivity index (χ1v) is 18.5. The summed E-state index contributed by atoms with van der Waals surface area (Å²) in [6.45, 7) is 0. The van der Waals surface area contributed by atoms with Gasteiger partial charge < -0.3 is 9.47 Å². The van der Waals surface area contributed by atoms with E-state index in [0.717, 1.165) is 28.3 Å². The van der Waals surface area contributed by atoms with Gasteiger partial charge in [-0.25, -0.2) is 0 Å². The molecular formula is C52H36N2. The minimum atomic E-state index is 1.10. The zero-order valence-electron chi connectivity index (χ0n) is 29.7. The highest BCUT2D eigenvalue weighted by Crippen LogP contribution is 2.41. The Hall–Kier alpha value is -7.16. The average molecular weight is 689 g/mol. The van der Waals surface area contributed by atoms with E-state index < -0.39 is 0 Å². The van der Waals surface area contributed by atoms with Gasteiger partial charge in [0.05, 0.1) is 11.0 Å². The summed E-state index contributed by atoms with van der Waals surface area (Å²) in [5, 5.41) is 4.96. The van der Waals surface area contributed by atoms with Crippen LogP contribution in [0.15, 0.2) is 218 Å². The zero-order chi connectivity index (χ0) is 35.8. The second-order valence-electron chi connectivity index (χ2n) is 13.8. The molecule has 0 fully saturated rings. The quantitative estimate of drug-likeness (QED) is 0.162. The Kier molecular flexibility index (Phi) is 7.85. The molecule has 0 aliphatic heterocycles. The molecule has 0 aliphatic rings. The molecular weight excluding hydrogens is 653 g/mol. The molecule has 9 aromatic carbocycles. The van der Waals surface area contributed by atoms with Gasteiger partial charge in [-0.3, -0.25) is 0 Å². The van der Waals surface area contributed by atoms with Crippen molar-refractivity contribution in [3.05, 3.63) is 218 Å². The second kappa shape index (κ2) is 13.4. The lowest BCUT2D eigenvalue weighted by molar-refractivity contribution is 1.18. The molecule has 54 heavy (non-hydrogen) atoms. The minimum absolute atomic E-state index is 1.10. The van der Waals surface area contributed by atoms with Gasteiger partial charge in [0, 0.05) is 33.5 Å². The summed E-state index contributed by atoms with van der Waals surface area (Å²) in [6.07, 6.45) is 0. The third kappa shape index (κ3) is 5.62. The summed E-state index contributed by atoms with van der Waals surface area (Å²) in [5.41, 5.74) is 14.0. The van der Waals surface area contributed by atoms with E-state index in [4.69, 9.17) is 0 Å². The van der Waals surface area contributed by atoms with Crippen molar-refractivity contribution in [3.8, 4) is 39.1 Å². The summed E-state index contributed by atoms with van der Waals surface area (Å²) in [5.74, 6) is 0. The molecule has 1 aromatic heterocycles. The molecule has 0 bridgehead atoms. The highest BCUT2D eigenvalue weighted by molar-refractivity contribution is 6.11. The van der Waals surface area contributed by atoms with Crippen molar-refractivity contribution in [1.82, 2.24) is 4.57 Å². The van der Waals surface area contributed by atoms with Crippen LogP contribution in [0.1, 0.15) is 0 Å². The number of para-hydroxylation sites is 1. The lowest BCUT2D eigenvalue weighted by atomic mass is 9.98. The molecule has 10 rings (SSSR count). The molecule has 0 N–H and O–H groups in total. The molecule has 0 saturated carbocycles. The number of fused-ring (bicyclic) bond motifs is 4. The van der Waals surface area contributed by atoms with Crippen LogP contribution < -0.4 is 4.90 Å². The molecule has 0 amide bonds. The fraction of sp³-hybridized carbons (Fsp3) is 0. The third-order valence-electron chi connectivity index (χ3n) is 10.6. The number of hydrogen-bond acceptors (Lipinski definition) is 1. The summed E-state index contributed by atoms with van der Waals surface area (Å²) in [4.78, 5) is 2.36. The molecule has 10 aromatic rings. The van der Waals surface area contributed by atoms with E-state index >= 15 is 0 Å². The number of aromatic nitrogens is 1. The van der Waals surface area contributed by atoms with Gasteiger partial charge >= 0.3 is 0 Å². The van der Waals surface area contributed by atoms with Gasteiger partial charge in [-0.15, -0.1) is 0 Å². The van der Waals surface area contributed by atoms with E-state index in [9.17, 15) is 0 Å². The standard InChI is InChI=1S/C52H36N2/c1-4-13-37(14-5-1)39-23-28-45(29-24-39)54-51-35-42(38-15-6-2-7-16-38)27-33-49(51)50-34-32-46(36-52(50)54)53(43-19-8-3-9-20-43)44-30-25-41(26-31-44)48-22-12-18-40-17-10-11-21-47(40)48/h1-36H. The van der Waals surface area contributed by atoms with Gasteiger partial charge in [-0.05, 0) is 98.8 Å². The van der Waals surface area contributed by atoms with Crippen molar-refractivity contribution >= 4 is 49.6 Å². The molecule has 0 aliphatic carbocycles. The molecule has 2 nitrogen and oxygen atoms in total. The molecule has 0 unspecified atom stereocenters. The molecule has 2 heteroatoms. The molecule has 0 radical (unpaired) electrons. The van der Waals surface area contributed by atoms with Crippen molar-refractivity contribution in [2.75, 3.05) is 4.90 Å². The third-order valence-corrected chi connectivity index (χ3v) is 10.6. The Bertz CT molecular complexity index is 2890. The monoisotopic (exact) mass is 688 g/mol. The number of rotatable bonds is 7. The normalized spacial score (nSPS) is 11.3. The Balaban J connectivity index is 1.15. The Morgan fingerprint density at radius 1 is 0.296 bits per heavy atom. The van der Waals surface area contributed by atoms with Crippen LogP contribution in [-0.4, -0.2) is 4.57 Å². The molecule has 0 spiro atoms. The van der Waals surface area contributed by atoms with E-state index in [1.807, 2.05) is 0 Å². The fourth-order valence-electron chi connectivity index (χ4n) is 7.96. The van der Waals surface area contributed by atoms with Gasteiger partial charge in [-0.1, -0.05) is 164 Å². The van der Waals surface area contributed by atoms with Crippen molar-refractivity contribution in [3.63, 3.8) is 0 Å². The van der Waals surface area contributed by atoms with E-state index in [-0.39, 0.29) is 0 Å². The van der Waals surface area contributed by atoms with Gasteiger partial charge in [0.2, 0.25) is 0 Å². The van der Waals surface area contributed by atoms with Crippen molar-refractivity contribution in [2.24, 2.45) is 0 Å². The van der Waals surface area contributed by atoms with Gasteiger partial charge in [0.1, 0.15) is 0 Å². The topological polar surface area (TPSA) is 8.17 Å². The van der Waals surface area contributed by atoms with Gasteiger partial charge in [0.25, 0.3) is 0 Å². The van der Waals surface area contributed by atoms with Crippen molar-refractivity contribution in [1.29, 1.82) is 0 Å². The van der Waals surface area contributed by atoms with Gasteiger partial charge in [0.15, 0.2) is 0 Å². The highest BCUT2D eigenvalue weighted by atomic mass is 15.1. The lowest BCUT2D eigenvalue weighted by Crippen LogP contribution is -2.10. The maximum Gasteiger partial charge on any atom is 0.0561 e. The average Bonchev–Trinajstić information content (AvgIpc) is 3.58. The summed E-state index contributed by atoms with van der Waals surface area (Å²) in [7, 11) is 0. The fourth-order valence-corrected chi connectivity index (χ4v) is 7.96. The molecule has 0 saturated heterocycles. The first kappa shape index (κ1) is 31.6. The van der Waals surface area contributed by atoms with E-state index in [1.165, 1.54) is 60.4 Å². The van der Waals surface area contributed by atoms with Crippen LogP contribution >= 0.6 is 0 Å². The van der Waals surface area contributed by atoms with Crippen LogP contribution in [0.25, 0.3) is 71.6 Å². The summed E-state index contributed by atoms with van der Waals surface area (Å²) < 4.78 is 2.43. The van der Waals surface area contributed by atoms with E-state index in [2.05, 4.69) is 228 Å². The Morgan fingerprint density at radius 2 is 0.796 bits per heavy atom. The van der Waals surface area contributed by atoms with E-state index in [0.29, 0.717) is 0 Å². The maximum atomic E-state index is 2.43. The largest absolute Gasteiger partial charge is 0.310 e.